The molecule has 0 fully saturated rings. The number of benzene rings is 2. The second-order valence-electron chi connectivity index (χ2n) is 5.22. The Morgan fingerprint density at radius 2 is 1.95 bits per heavy atom. The summed E-state index contributed by atoms with van der Waals surface area (Å²) in [5.74, 6) is 0.594. The van der Waals surface area contributed by atoms with Gasteiger partial charge < -0.3 is 9.47 Å². The SMILES string of the molecule is COC(=O)c1ccc2c(c1)CCCC2Oc1ccccc1. The lowest BCUT2D eigenvalue weighted by Gasteiger charge is -2.26. The van der Waals surface area contributed by atoms with E-state index >= 15 is 0 Å². The van der Waals surface area contributed by atoms with Crippen LogP contribution in [0.5, 0.6) is 5.75 Å². The quantitative estimate of drug-likeness (QED) is 0.800. The Morgan fingerprint density at radius 1 is 1.14 bits per heavy atom. The Kier molecular flexibility index (Phi) is 3.91. The topological polar surface area (TPSA) is 35.5 Å². The third kappa shape index (κ3) is 2.92. The average Bonchev–Trinajstić information content (AvgIpc) is 2.55. The number of ether oxygens (including phenoxy) is 2. The Bertz CT molecular complexity index is 634. The minimum absolute atomic E-state index is 0.0582. The lowest BCUT2D eigenvalue weighted by Crippen LogP contribution is -2.16. The lowest BCUT2D eigenvalue weighted by molar-refractivity contribution is 0.0600. The van der Waals surface area contributed by atoms with Crippen LogP contribution in [0.4, 0.5) is 0 Å². The smallest absolute Gasteiger partial charge is 0.337 e. The molecule has 108 valence electrons. The maximum atomic E-state index is 11.6. The minimum Gasteiger partial charge on any atom is -0.486 e. The first-order valence-corrected chi connectivity index (χ1v) is 7.21. The molecule has 0 aromatic heterocycles. The van der Waals surface area contributed by atoms with Gasteiger partial charge in [0.25, 0.3) is 0 Å². The summed E-state index contributed by atoms with van der Waals surface area (Å²) in [7, 11) is 1.41. The highest BCUT2D eigenvalue weighted by molar-refractivity contribution is 5.89. The van der Waals surface area contributed by atoms with E-state index < -0.39 is 0 Å². The number of para-hydroxylation sites is 1. The van der Waals surface area contributed by atoms with Crippen LogP contribution in [0.1, 0.15) is 40.4 Å². The fourth-order valence-electron chi connectivity index (χ4n) is 2.80. The van der Waals surface area contributed by atoms with Gasteiger partial charge in [0.2, 0.25) is 0 Å². The molecule has 0 amide bonds. The molecule has 1 aliphatic carbocycles. The number of aryl methyl sites for hydroxylation is 1. The molecule has 0 saturated heterocycles. The number of methoxy groups -OCH3 is 1. The summed E-state index contributed by atoms with van der Waals surface area (Å²) < 4.78 is 10.9. The molecule has 0 aliphatic heterocycles. The van der Waals surface area contributed by atoms with Gasteiger partial charge in [-0.15, -0.1) is 0 Å². The molecular weight excluding hydrogens is 264 g/mol. The van der Waals surface area contributed by atoms with Gasteiger partial charge in [0, 0.05) is 0 Å². The first kappa shape index (κ1) is 13.7. The highest BCUT2D eigenvalue weighted by Crippen LogP contribution is 2.34. The molecule has 0 bridgehead atoms. The van der Waals surface area contributed by atoms with Crippen molar-refractivity contribution in [2.45, 2.75) is 25.4 Å². The van der Waals surface area contributed by atoms with E-state index in [1.54, 1.807) is 0 Å². The summed E-state index contributed by atoms with van der Waals surface area (Å²) in [5.41, 5.74) is 2.97. The summed E-state index contributed by atoms with van der Waals surface area (Å²) >= 11 is 0. The van der Waals surface area contributed by atoms with Crippen molar-refractivity contribution in [3.8, 4) is 5.75 Å². The van der Waals surface area contributed by atoms with E-state index in [9.17, 15) is 4.79 Å². The van der Waals surface area contributed by atoms with E-state index in [4.69, 9.17) is 9.47 Å². The van der Waals surface area contributed by atoms with Crippen molar-refractivity contribution in [1.29, 1.82) is 0 Å². The summed E-state index contributed by atoms with van der Waals surface area (Å²) in [5, 5.41) is 0. The number of hydrogen-bond acceptors (Lipinski definition) is 3. The maximum absolute atomic E-state index is 11.6. The molecule has 1 atom stereocenters. The van der Waals surface area contributed by atoms with Gasteiger partial charge in [0.05, 0.1) is 12.7 Å². The van der Waals surface area contributed by atoms with E-state index in [1.807, 2.05) is 48.5 Å². The normalized spacial score (nSPS) is 16.9. The van der Waals surface area contributed by atoms with Gasteiger partial charge in [-0.05, 0) is 54.7 Å². The molecule has 2 aromatic rings. The van der Waals surface area contributed by atoms with Gasteiger partial charge in [-0.25, -0.2) is 4.79 Å². The van der Waals surface area contributed by atoms with Crippen molar-refractivity contribution in [3.05, 3.63) is 65.2 Å². The second kappa shape index (κ2) is 6.00. The van der Waals surface area contributed by atoms with Crippen LogP contribution in [0.2, 0.25) is 0 Å². The van der Waals surface area contributed by atoms with Crippen molar-refractivity contribution < 1.29 is 14.3 Å². The standard InChI is InChI=1S/C18H18O3/c1-20-18(19)14-10-11-16-13(12-14)6-5-9-17(16)21-15-7-3-2-4-8-15/h2-4,7-8,10-12,17H,5-6,9H2,1H3. The van der Waals surface area contributed by atoms with E-state index in [0.29, 0.717) is 5.56 Å². The summed E-state index contributed by atoms with van der Waals surface area (Å²) in [6.45, 7) is 0. The summed E-state index contributed by atoms with van der Waals surface area (Å²) in [6.07, 6.45) is 3.10. The molecule has 0 N–H and O–H groups in total. The lowest BCUT2D eigenvalue weighted by atomic mass is 9.88. The van der Waals surface area contributed by atoms with Gasteiger partial charge in [0.15, 0.2) is 0 Å². The Balaban J connectivity index is 1.86. The predicted molar refractivity (Wildman–Crippen MR) is 80.5 cm³/mol. The molecule has 3 nitrogen and oxygen atoms in total. The van der Waals surface area contributed by atoms with E-state index in [2.05, 4.69) is 0 Å². The third-order valence-electron chi connectivity index (χ3n) is 3.84. The van der Waals surface area contributed by atoms with Gasteiger partial charge in [-0.1, -0.05) is 24.3 Å². The van der Waals surface area contributed by atoms with Crippen LogP contribution >= 0.6 is 0 Å². The molecule has 0 spiro atoms. The fraction of sp³-hybridized carbons (Fsp3) is 0.278. The predicted octanol–water partition coefficient (Wildman–Crippen LogP) is 3.93. The van der Waals surface area contributed by atoms with Crippen LogP contribution < -0.4 is 4.74 Å². The maximum Gasteiger partial charge on any atom is 0.337 e. The van der Waals surface area contributed by atoms with Crippen molar-refractivity contribution >= 4 is 5.97 Å². The van der Waals surface area contributed by atoms with Crippen molar-refractivity contribution in [2.75, 3.05) is 7.11 Å². The highest BCUT2D eigenvalue weighted by Gasteiger charge is 2.23. The molecule has 0 saturated carbocycles. The summed E-state index contributed by atoms with van der Waals surface area (Å²) in [6, 6.07) is 15.6. The molecule has 1 aliphatic rings. The van der Waals surface area contributed by atoms with Gasteiger partial charge in [-0.2, -0.15) is 0 Å². The molecule has 0 heterocycles. The Morgan fingerprint density at radius 3 is 2.71 bits per heavy atom. The van der Waals surface area contributed by atoms with Crippen LogP contribution in [0, 0.1) is 0 Å². The van der Waals surface area contributed by atoms with Crippen molar-refractivity contribution in [3.63, 3.8) is 0 Å². The van der Waals surface area contributed by atoms with E-state index in [0.717, 1.165) is 25.0 Å². The second-order valence-corrected chi connectivity index (χ2v) is 5.22. The molecule has 2 aromatic carbocycles. The number of fused-ring (bicyclic) bond motifs is 1. The molecular formula is C18H18O3. The minimum atomic E-state index is -0.288. The van der Waals surface area contributed by atoms with Gasteiger partial charge in [-0.3, -0.25) is 0 Å². The monoisotopic (exact) mass is 282 g/mol. The van der Waals surface area contributed by atoms with Crippen LogP contribution in [0.25, 0.3) is 0 Å². The number of carbonyl (C=O) groups excluding carboxylic acids is 1. The molecule has 3 rings (SSSR count). The van der Waals surface area contributed by atoms with Crippen molar-refractivity contribution in [1.82, 2.24) is 0 Å². The molecule has 0 radical (unpaired) electrons. The van der Waals surface area contributed by atoms with E-state index in [-0.39, 0.29) is 12.1 Å². The van der Waals surface area contributed by atoms with Crippen LogP contribution in [-0.2, 0) is 11.2 Å². The number of hydrogen-bond donors (Lipinski definition) is 0. The van der Waals surface area contributed by atoms with Crippen LogP contribution in [0.3, 0.4) is 0 Å². The number of rotatable bonds is 3. The molecule has 3 heteroatoms. The van der Waals surface area contributed by atoms with Crippen LogP contribution in [0.15, 0.2) is 48.5 Å². The highest BCUT2D eigenvalue weighted by atomic mass is 16.5. The van der Waals surface area contributed by atoms with Crippen molar-refractivity contribution in [2.24, 2.45) is 0 Å². The molecule has 1 unspecified atom stereocenters. The third-order valence-corrected chi connectivity index (χ3v) is 3.84. The number of esters is 1. The number of carbonyl (C=O) groups is 1. The fourth-order valence-corrected chi connectivity index (χ4v) is 2.80. The Labute approximate surface area is 124 Å². The first-order chi connectivity index (χ1) is 10.3. The molecule has 21 heavy (non-hydrogen) atoms. The Hall–Kier alpha value is -2.29. The summed E-state index contributed by atoms with van der Waals surface area (Å²) in [4.78, 5) is 11.6. The largest absolute Gasteiger partial charge is 0.486 e. The zero-order valence-corrected chi connectivity index (χ0v) is 12.0. The van der Waals surface area contributed by atoms with E-state index in [1.165, 1.54) is 18.2 Å². The van der Waals surface area contributed by atoms with Crippen LogP contribution in [-0.4, -0.2) is 13.1 Å². The van der Waals surface area contributed by atoms with Gasteiger partial charge >= 0.3 is 5.97 Å². The van der Waals surface area contributed by atoms with Gasteiger partial charge in [0.1, 0.15) is 11.9 Å². The zero-order valence-electron chi connectivity index (χ0n) is 12.0. The zero-order chi connectivity index (χ0) is 14.7. The first-order valence-electron chi connectivity index (χ1n) is 7.21. The average molecular weight is 282 g/mol.